The number of ether oxygens (including phenoxy) is 1. The maximum Gasteiger partial charge on any atom is 0.345 e. The lowest BCUT2D eigenvalue weighted by molar-refractivity contribution is 0.0709. The molecule has 1 aromatic heterocycles. The van der Waals surface area contributed by atoms with Crippen molar-refractivity contribution in [2.75, 3.05) is 20.2 Å². The van der Waals surface area contributed by atoms with Gasteiger partial charge in [0, 0.05) is 37.7 Å². The quantitative estimate of drug-likeness (QED) is 0.840. The average molecular weight is 356 g/mol. The second-order valence-corrected chi connectivity index (χ2v) is 7.16. The Labute approximate surface area is 152 Å². The molecule has 1 aliphatic carbocycles. The Balaban J connectivity index is 1.47. The largest absolute Gasteiger partial charge is 0.497 e. The fourth-order valence-electron chi connectivity index (χ4n) is 3.73. The maximum absolute atomic E-state index is 12.7. The van der Waals surface area contributed by atoms with Crippen molar-refractivity contribution in [1.29, 1.82) is 0 Å². The van der Waals surface area contributed by atoms with Crippen LogP contribution in [0.4, 0.5) is 0 Å². The molecule has 0 atom stereocenters. The SMILES string of the molecule is COc1cccc(C(=O)N2CCC(c3nn(C)c(=O)n3C3CC3)CC2)c1. The molecule has 1 amide bonds. The number of methoxy groups -OCH3 is 1. The van der Waals surface area contributed by atoms with Crippen LogP contribution >= 0.6 is 0 Å². The number of hydrogen-bond acceptors (Lipinski definition) is 4. The number of rotatable bonds is 4. The van der Waals surface area contributed by atoms with Crippen molar-refractivity contribution >= 4 is 5.91 Å². The van der Waals surface area contributed by atoms with Crippen molar-refractivity contribution in [2.45, 2.75) is 37.6 Å². The van der Waals surface area contributed by atoms with Gasteiger partial charge in [-0.05, 0) is 43.9 Å². The van der Waals surface area contributed by atoms with E-state index >= 15 is 0 Å². The molecule has 2 fully saturated rings. The first kappa shape index (κ1) is 16.9. The molecule has 0 bridgehead atoms. The van der Waals surface area contributed by atoms with Gasteiger partial charge in [-0.25, -0.2) is 9.48 Å². The van der Waals surface area contributed by atoms with Gasteiger partial charge in [-0.2, -0.15) is 5.10 Å². The summed E-state index contributed by atoms with van der Waals surface area (Å²) in [6.45, 7) is 1.35. The Bertz CT molecular complexity index is 873. The van der Waals surface area contributed by atoms with Crippen LogP contribution < -0.4 is 10.4 Å². The molecule has 1 saturated carbocycles. The van der Waals surface area contributed by atoms with Gasteiger partial charge < -0.3 is 9.64 Å². The van der Waals surface area contributed by atoms with Crippen LogP contribution in [0.25, 0.3) is 0 Å². The number of piperidine rings is 1. The number of aromatic nitrogens is 3. The van der Waals surface area contributed by atoms with Crippen molar-refractivity contribution < 1.29 is 9.53 Å². The first-order chi connectivity index (χ1) is 12.6. The van der Waals surface area contributed by atoms with Gasteiger partial charge in [-0.1, -0.05) is 6.07 Å². The Morgan fingerprint density at radius 2 is 1.92 bits per heavy atom. The highest BCUT2D eigenvalue weighted by Gasteiger charge is 2.34. The van der Waals surface area contributed by atoms with Crippen molar-refractivity contribution in [1.82, 2.24) is 19.2 Å². The van der Waals surface area contributed by atoms with E-state index < -0.39 is 0 Å². The molecule has 0 N–H and O–H groups in total. The third kappa shape index (κ3) is 3.02. The van der Waals surface area contributed by atoms with E-state index in [-0.39, 0.29) is 17.5 Å². The molecule has 1 aromatic carbocycles. The van der Waals surface area contributed by atoms with Gasteiger partial charge in [0.15, 0.2) is 0 Å². The monoisotopic (exact) mass is 356 g/mol. The second-order valence-electron chi connectivity index (χ2n) is 7.16. The summed E-state index contributed by atoms with van der Waals surface area (Å²) < 4.78 is 8.53. The summed E-state index contributed by atoms with van der Waals surface area (Å²) in [5, 5.41) is 4.49. The van der Waals surface area contributed by atoms with Crippen LogP contribution in [0.3, 0.4) is 0 Å². The first-order valence-corrected chi connectivity index (χ1v) is 9.17. The molecule has 7 heteroatoms. The lowest BCUT2D eigenvalue weighted by atomic mass is 9.95. The molecule has 2 heterocycles. The molecule has 138 valence electrons. The van der Waals surface area contributed by atoms with Gasteiger partial charge in [0.2, 0.25) is 0 Å². The Morgan fingerprint density at radius 1 is 1.19 bits per heavy atom. The zero-order valence-electron chi connectivity index (χ0n) is 15.2. The number of likely N-dealkylation sites (tertiary alicyclic amines) is 1. The number of carbonyl (C=O) groups excluding carboxylic acids is 1. The maximum atomic E-state index is 12.7. The smallest absolute Gasteiger partial charge is 0.345 e. The van der Waals surface area contributed by atoms with Gasteiger partial charge in [-0.3, -0.25) is 9.36 Å². The summed E-state index contributed by atoms with van der Waals surface area (Å²) in [6, 6.07) is 7.59. The molecule has 2 aliphatic rings. The molecule has 2 aromatic rings. The lowest BCUT2D eigenvalue weighted by Crippen LogP contribution is -2.38. The molecule has 0 radical (unpaired) electrons. The summed E-state index contributed by atoms with van der Waals surface area (Å²) >= 11 is 0. The van der Waals surface area contributed by atoms with Gasteiger partial charge in [-0.15, -0.1) is 0 Å². The normalized spacial score (nSPS) is 18.2. The number of nitrogens with zero attached hydrogens (tertiary/aromatic N) is 4. The molecule has 0 spiro atoms. The first-order valence-electron chi connectivity index (χ1n) is 9.17. The Kier molecular flexibility index (Phi) is 4.30. The Morgan fingerprint density at radius 3 is 2.58 bits per heavy atom. The van der Waals surface area contributed by atoms with E-state index in [0.29, 0.717) is 30.4 Å². The Hall–Kier alpha value is -2.57. The topological polar surface area (TPSA) is 69.4 Å². The minimum absolute atomic E-state index is 0.0163. The van der Waals surface area contributed by atoms with Gasteiger partial charge in [0.25, 0.3) is 5.91 Å². The molecule has 0 unspecified atom stereocenters. The van der Waals surface area contributed by atoms with E-state index in [9.17, 15) is 9.59 Å². The third-order valence-electron chi connectivity index (χ3n) is 5.36. The van der Waals surface area contributed by atoms with Crippen LogP contribution in [-0.4, -0.2) is 45.4 Å². The van der Waals surface area contributed by atoms with Crippen LogP contribution in [0.15, 0.2) is 29.1 Å². The predicted octanol–water partition coefficient (Wildman–Crippen LogP) is 1.95. The molecule has 26 heavy (non-hydrogen) atoms. The van der Waals surface area contributed by atoms with Crippen LogP contribution in [0.2, 0.25) is 0 Å². The summed E-state index contributed by atoms with van der Waals surface area (Å²) in [6.07, 6.45) is 3.79. The number of benzene rings is 1. The molecule has 4 rings (SSSR count). The van der Waals surface area contributed by atoms with Gasteiger partial charge >= 0.3 is 5.69 Å². The zero-order valence-corrected chi connectivity index (χ0v) is 15.2. The standard InChI is InChI=1S/C19H24N4O3/c1-21-19(25)23(15-6-7-15)17(20-21)13-8-10-22(11-9-13)18(24)14-4-3-5-16(12-14)26-2/h3-5,12-13,15H,6-11H2,1-2H3. The van der Waals surface area contributed by atoms with E-state index in [1.807, 2.05) is 27.7 Å². The van der Waals surface area contributed by atoms with Crippen LogP contribution in [0.1, 0.15) is 53.8 Å². The minimum Gasteiger partial charge on any atom is -0.497 e. The number of carbonyl (C=O) groups is 1. The van der Waals surface area contributed by atoms with E-state index in [4.69, 9.17) is 4.74 Å². The van der Waals surface area contributed by atoms with Gasteiger partial charge in [0.1, 0.15) is 11.6 Å². The second kappa shape index (κ2) is 6.63. The summed E-state index contributed by atoms with van der Waals surface area (Å²) in [5.74, 6) is 1.85. The molecular weight excluding hydrogens is 332 g/mol. The fraction of sp³-hybridized carbons (Fsp3) is 0.526. The van der Waals surface area contributed by atoms with E-state index in [1.165, 1.54) is 4.68 Å². The number of hydrogen-bond donors (Lipinski definition) is 0. The lowest BCUT2D eigenvalue weighted by Gasteiger charge is -2.31. The van der Waals surface area contributed by atoms with E-state index in [2.05, 4.69) is 5.10 Å². The highest BCUT2D eigenvalue weighted by atomic mass is 16.5. The van der Waals surface area contributed by atoms with Crippen LogP contribution in [0, 0.1) is 0 Å². The fourth-order valence-corrected chi connectivity index (χ4v) is 3.73. The van der Waals surface area contributed by atoms with Crippen molar-refractivity contribution in [3.8, 4) is 5.75 Å². The third-order valence-corrected chi connectivity index (χ3v) is 5.36. The average Bonchev–Trinajstić information content (AvgIpc) is 3.47. The van der Waals surface area contributed by atoms with Crippen molar-refractivity contribution in [3.63, 3.8) is 0 Å². The number of amides is 1. The van der Waals surface area contributed by atoms with E-state index in [1.54, 1.807) is 20.2 Å². The molecular formula is C19H24N4O3. The van der Waals surface area contributed by atoms with Crippen LogP contribution in [-0.2, 0) is 7.05 Å². The van der Waals surface area contributed by atoms with Crippen molar-refractivity contribution in [3.05, 3.63) is 46.1 Å². The highest BCUT2D eigenvalue weighted by molar-refractivity contribution is 5.94. The van der Waals surface area contributed by atoms with Gasteiger partial charge in [0.05, 0.1) is 7.11 Å². The number of aryl methyl sites for hydroxylation is 1. The zero-order chi connectivity index (χ0) is 18.3. The van der Waals surface area contributed by atoms with E-state index in [0.717, 1.165) is 31.5 Å². The summed E-state index contributed by atoms with van der Waals surface area (Å²) in [4.78, 5) is 27.0. The van der Waals surface area contributed by atoms with Crippen molar-refractivity contribution in [2.24, 2.45) is 7.05 Å². The molecule has 1 aliphatic heterocycles. The molecule has 1 saturated heterocycles. The summed E-state index contributed by atoms with van der Waals surface area (Å²) in [7, 11) is 3.31. The minimum atomic E-state index is -0.0163. The summed E-state index contributed by atoms with van der Waals surface area (Å²) in [5.41, 5.74) is 0.632. The molecule has 7 nitrogen and oxygen atoms in total. The highest BCUT2D eigenvalue weighted by Crippen LogP contribution is 2.37. The predicted molar refractivity (Wildman–Crippen MR) is 96.6 cm³/mol. The van der Waals surface area contributed by atoms with Crippen LogP contribution in [0.5, 0.6) is 5.75 Å².